The smallest absolute Gasteiger partial charge is 0.410 e. The van der Waals surface area contributed by atoms with Crippen LogP contribution >= 0.6 is 0 Å². The molecule has 6 rings (SSSR count). The lowest BCUT2D eigenvalue weighted by Gasteiger charge is -2.36. The number of amides is 8. The number of carbonyl (C=O) groups excluding carboxylic acids is 7. The van der Waals surface area contributed by atoms with Crippen molar-refractivity contribution >= 4 is 47.3 Å². The molecule has 2 aliphatic rings. The van der Waals surface area contributed by atoms with Gasteiger partial charge < -0.3 is 51.3 Å². The molecule has 1 aromatic heterocycles. The van der Waals surface area contributed by atoms with E-state index < -0.39 is 47.7 Å². The zero-order valence-corrected chi connectivity index (χ0v) is 44.4. The van der Waals surface area contributed by atoms with Crippen molar-refractivity contribution in [3.63, 3.8) is 0 Å². The Balaban J connectivity index is 1.02. The summed E-state index contributed by atoms with van der Waals surface area (Å²) in [6.45, 7) is 11.9. The highest BCUT2D eigenvalue weighted by Crippen LogP contribution is 2.35. The van der Waals surface area contributed by atoms with Crippen LogP contribution in [0, 0.1) is 23.0 Å². The molecule has 4 unspecified atom stereocenters. The van der Waals surface area contributed by atoms with Crippen LogP contribution in [0.4, 0.5) is 24.1 Å². The Kier molecular flexibility index (Phi) is 21.4. The summed E-state index contributed by atoms with van der Waals surface area (Å²) in [5, 5.41) is 14.5. The molecule has 1 fully saturated rings. The van der Waals surface area contributed by atoms with Crippen LogP contribution in [0.3, 0.4) is 0 Å². The van der Waals surface area contributed by atoms with Crippen LogP contribution in [-0.4, -0.2) is 119 Å². The Bertz CT molecular complexity index is 2690. The van der Waals surface area contributed by atoms with Gasteiger partial charge in [-0.2, -0.15) is 0 Å². The lowest BCUT2D eigenvalue weighted by Crippen LogP contribution is -2.54. The fourth-order valence-corrected chi connectivity index (χ4v) is 9.06. The molecule has 4 atom stereocenters. The van der Waals surface area contributed by atoms with E-state index in [0.717, 1.165) is 28.7 Å². The van der Waals surface area contributed by atoms with E-state index >= 15 is 4.39 Å². The molecule has 0 bridgehead atoms. The summed E-state index contributed by atoms with van der Waals surface area (Å²) in [6, 6.07) is 16.4. The predicted octanol–water partition coefficient (Wildman–Crippen LogP) is 6.48. The summed E-state index contributed by atoms with van der Waals surface area (Å²) < 4.78 is 43.0. The highest BCUT2D eigenvalue weighted by atomic mass is 19.1. The number of primary amides is 1. The summed E-state index contributed by atoms with van der Waals surface area (Å²) in [5.74, 6) is -3.05. The van der Waals surface area contributed by atoms with E-state index in [1.54, 1.807) is 49.2 Å². The van der Waals surface area contributed by atoms with Gasteiger partial charge in [0.2, 0.25) is 17.7 Å². The van der Waals surface area contributed by atoms with Crippen LogP contribution in [0.15, 0.2) is 91.1 Å². The Morgan fingerprint density at radius 1 is 0.870 bits per heavy atom. The van der Waals surface area contributed by atoms with Crippen LogP contribution in [0.5, 0.6) is 0 Å². The minimum absolute atomic E-state index is 0.0635. The van der Waals surface area contributed by atoms with Gasteiger partial charge in [-0.15, -0.1) is 0 Å². The Morgan fingerprint density at radius 2 is 1.60 bits per heavy atom. The van der Waals surface area contributed by atoms with Crippen molar-refractivity contribution in [2.24, 2.45) is 17.1 Å². The monoisotopic (exact) mass is 1070 g/mol. The van der Waals surface area contributed by atoms with Gasteiger partial charge in [0, 0.05) is 62.2 Å². The summed E-state index contributed by atoms with van der Waals surface area (Å²) in [7, 11) is 0. The number of unbranched alkanes of at least 4 members (excludes halogenated alkanes) is 2. The molecule has 0 spiro atoms. The number of nitrogens with one attached hydrogen (secondary N) is 5. The number of ether oxygens (including phenoxy) is 2. The van der Waals surface area contributed by atoms with Crippen molar-refractivity contribution in [1.29, 1.82) is 0 Å². The maximum atomic E-state index is 15.1. The second kappa shape index (κ2) is 28.0. The normalized spacial score (nSPS) is 15.8. The van der Waals surface area contributed by atoms with Crippen molar-refractivity contribution in [3.05, 3.63) is 120 Å². The predicted molar refractivity (Wildman–Crippen MR) is 284 cm³/mol. The molecular formula is C56H72F2N10O9. The number of imidazole rings is 1. The fourth-order valence-electron chi connectivity index (χ4n) is 9.06. The van der Waals surface area contributed by atoms with E-state index in [2.05, 4.69) is 47.4 Å². The molecule has 3 heterocycles. The number of morpholine rings is 1. The first-order valence-corrected chi connectivity index (χ1v) is 26.1. The number of halogens is 2. The number of benzene rings is 3. The van der Waals surface area contributed by atoms with Gasteiger partial charge in [0.25, 0.3) is 11.8 Å². The number of hydrogen-bond donors (Lipinski definition) is 6. The van der Waals surface area contributed by atoms with Gasteiger partial charge in [0.05, 0.1) is 31.0 Å². The van der Waals surface area contributed by atoms with Crippen molar-refractivity contribution in [1.82, 2.24) is 40.6 Å². The maximum Gasteiger partial charge on any atom is 0.410 e. The Morgan fingerprint density at radius 3 is 2.29 bits per heavy atom. The highest BCUT2D eigenvalue weighted by molar-refractivity contribution is 6.12. The van der Waals surface area contributed by atoms with Gasteiger partial charge in [-0.25, -0.2) is 23.4 Å². The summed E-state index contributed by atoms with van der Waals surface area (Å²) in [4.78, 5) is 96.6. The van der Waals surface area contributed by atoms with Crippen LogP contribution < -0.4 is 32.3 Å². The molecule has 2 aliphatic heterocycles. The van der Waals surface area contributed by atoms with Crippen molar-refractivity contribution in [2.75, 3.05) is 44.7 Å². The van der Waals surface area contributed by atoms with E-state index in [-0.39, 0.29) is 85.7 Å². The van der Waals surface area contributed by atoms with Crippen LogP contribution in [0.2, 0.25) is 0 Å². The first-order valence-electron chi connectivity index (χ1n) is 26.1. The largest absolute Gasteiger partial charge is 0.445 e. The Hall–Kier alpha value is -7.52. The van der Waals surface area contributed by atoms with Gasteiger partial charge in [-0.3, -0.25) is 28.9 Å². The molecule has 7 N–H and O–H groups in total. The highest BCUT2D eigenvalue weighted by Gasteiger charge is 2.34. The van der Waals surface area contributed by atoms with Gasteiger partial charge in [-0.05, 0) is 91.4 Å². The van der Waals surface area contributed by atoms with Gasteiger partial charge in [-0.1, -0.05) is 83.5 Å². The summed E-state index contributed by atoms with van der Waals surface area (Å²) >= 11 is 0. The van der Waals surface area contributed by atoms with Crippen molar-refractivity contribution < 1.29 is 51.8 Å². The number of hydrogen-bond acceptors (Lipinski definition) is 11. The van der Waals surface area contributed by atoms with Gasteiger partial charge in [0.1, 0.15) is 36.1 Å². The lowest BCUT2D eigenvalue weighted by molar-refractivity contribution is -0.137. The number of anilines is 1. The van der Waals surface area contributed by atoms with E-state index in [0.29, 0.717) is 81.3 Å². The third kappa shape index (κ3) is 17.5. The minimum atomic E-state index is -1.06. The summed E-state index contributed by atoms with van der Waals surface area (Å²) in [6.07, 6.45) is 6.27. The first kappa shape index (κ1) is 58.7. The summed E-state index contributed by atoms with van der Waals surface area (Å²) in [5.41, 5.74) is 7.27. The van der Waals surface area contributed by atoms with Crippen LogP contribution in [-0.2, 0) is 46.6 Å². The molecule has 1 saturated heterocycles. The molecule has 4 aromatic rings. The molecule has 0 radical (unpaired) electrons. The first-order chi connectivity index (χ1) is 36.8. The molecule has 3 aromatic carbocycles. The van der Waals surface area contributed by atoms with E-state index in [1.807, 2.05) is 34.9 Å². The molecule has 414 valence electrons. The van der Waals surface area contributed by atoms with E-state index in [4.69, 9.17) is 20.2 Å². The fraction of sp³-hybridized carbons (Fsp3) is 0.464. The SMILES string of the molecule is CC(C)C(NC(=O)CCCCCN1C(=O)C=CC1=O)C(=O)NC(CCCNC(N)=O)C(=O)Nc1ccc(COC(=O)N2CCOCC2CCNC(c2nc(-c3cc(F)ccc3F)cn2Cc2ccccc2)C(C)(C)C)cc1. The molecule has 21 heteroatoms. The Labute approximate surface area is 448 Å². The second-order valence-electron chi connectivity index (χ2n) is 20.7. The molecular weight excluding hydrogens is 995 g/mol. The third-order valence-corrected chi connectivity index (χ3v) is 13.3. The van der Waals surface area contributed by atoms with Gasteiger partial charge >= 0.3 is 12.1 Å². The average molecular weight is 1070 g/mol. The number of aromatic nitrogens is 2. The third-order valence-electron chi connectivity index (χ3n) is 13.3. The number of rotatable bonds is 26. The zero-order valence-electron chi connectivity index (χ0n) is 44.4. The molecule has 0 aliphatic carbocycles. The standard InChI is InChI=1S/C56H72F2N10O9/c1-36(2)49(65-46(69)16-10-7-11-28-68-47(70)23-24-48(68)71)53(73)64-44(15-12-26-61-54(59)74)52(72)62-40-20-17-38(18-21-40)34-77-55(75)67-29-30-76-35-41(67)25-27-60-50(56(3,4)5)51-63-45(42-31-39(57)19-22-43(42)58)33-66(51)32-37-13-8-6-9-14-37/h6,8-9,13-14,17-24,31,33,36,41,44,49-50,60H,7,10-12,15-16,25-30,32,34-35H2,1-5H3,(H,62,72)(H,64,73)(H,65,69)(H3,59,61,74). The average Bonchev–Trinajstić information content (AvgIpc) is 3.97. The number of nitrogens with two attached hydrogens (primary N) is 1. The lowest BCUT2D eigenvalue weighted by atomic mass is 9.86. The number of imide groups is 1. The van der Waals surface area contributed by atoms with Crippen LogP contribution in [0.25, 0.3) is 11.3 Å². The van der Waals surface area contributed by atoms with E-state index in [1.165, 1.54) is 12.2 Å². The number of carbonyl (C=O) groups is 7. The topological polar surface area (TPSA) is 248 Å². The molecule has 0 saturated carbocycles. The van der Waals surface area contributed by atoms with Crippen molar-refractivity contribution in [2.45, 2.75) is 117 Å². The number of urea groups is 1. The van der Waals surface area contributed by atoms with E-state index in [9.17, 15) is 38.0 Å². The van der Waals surface area contributed by atoms with Crippen LogP contribution in [0.1, 0.15) is 103 Å². The molecule has 77 heavy (non-hydrogen) atoms. The van der Waals surface area contributed by atoms with Crippen molar-refractivity contribution in [3.8, 4) is 11.3 Å². The second-order valence-corrected chi connectivity index (χ2v) is 20.7. The molecule has 8 amide bonds. The molecule has 19 nitrogen and oxygen atoms in total. The zero-order chi connectivity index (χ0) is 55.6. The van der Waals surface area contributed by atoms with Gasteiger partial charge in [0.15, 0.2) is 0 Å². The number of nitrogens with zero attached hydrogens (tertiary/aromatic N) is 4. The quantitative estimate of drug-likeness (QED) is 0.0293. The maximum absolute atomic E-state index is 15.1. The minimum Gasteiger partial charge on any atom is -0.445 e.